The Hall–Kier alpha value is -3.38. The van der Waals surface area contributed by atoms with Crippen molar-refractivity contribution in [3.05, 3.63) is 51.3 Å². The van der Waals surface area contributed by atoms with Gasteiger partial charge in [0.15, 0.2) is 16.7 Å². The molecule has 3 N–H and O–H groups in total. The molecule has 0 saturated carbocycles. The lowest BCUT2D eigenvalue weighted by Gasteiger charge is -2.27. The van der Waals surface area contributed by atoms with Crippen molar-refractivity contribution >= 4 is 39.2 Å². The van der Waals surface area contributed by atoms with Gasteiger partial charge >= 0.3 is 0 Å². The van der Waals surface area contributed by atoms with Gasteiger partial charge in [0.2, 0.25) is 11.2 Å². The smallest absolute Gasteiger partial charge is 0.257 e. The number of hydrogen-bond acceptors (Lipinski definition) is 7. The van der Waals surface area contributed by atoms with Crippen LogP contribution >= 0.6 is 11.3 Å². The minimum Gasteiger partial charge on any atom is -0.486 e. The highest BCUT2D eigenvalue weighted by molar-refractivity contribution is 7.13. The molecule has 0 bridgehead atoms. The van der Waals surface area contributed by atoms with E-state index in [4.69, 9.17) is 4.74 Å². The molecule has 162 valence electrons. The van der Waals surface area contributed by atoms with Crippen molar-refractivity contribution in [3.63, 3.8) is 0 Å². The van der Waals surface area contributed by atoms with Gasteiger partial charge in [-0.3, -0.25) is 14.4 Å². The van der Waals surface area contributed by atoms with E-state index in [0.717, 1.165) is 11.3 Å². The Balaban J connectivity index is 1.71. The number of carbonyl (C=O) groups excluding carboxylic acids is 2. The van der Waals surface area contributed by atoms with Crippen LogP contribution in [0, 0.1) is 11.6 Å². The molecule has 0 saturated heterocycles. The van der Waals surface area contributed by atoms with Crippen LogP contribution in [0.1, 0.15) is 23.3 Å². The van der Waals surface area contributed by atoms with Crippen LogP contribution in [-0.4, -0.2) is 45.7 Å². The first-order valence-electron chi connectivity index (χ1n) is 9.13. The third kappa shape index (κ3) is 3.64. The third-order valence-corrected chi connectivity index (χ3v) is 5.51. The summed E-state index contributed by atoms with van der Waals surface area (Å²) < 4.78 is 34.9. The highest BCUT2D eigenvalue weighted by atomic mass is 32.1. The number of anilines is 1. The Kier molecular flexibility index (Phi) is 5.41. The van der Waals surface area contributed by atoms with Crippen molar-refractivity contribution < 1.29 is 28.2 Å². The molecule has 9 nitrogen and oxygen atoms in total. The first-order chi connectivity index (χ1) is 14.8. The van der Waals surface area contributed by atoms with E-state index >= 15 is 0 Å². The van der Waals surface area contributed by atoms with Crippen LogP contribution < -0.4 is 20.8 Å². The maximum absolute atomic E-state index is 14.2. The number of benzene rings is 1. The topological polar surface area (TPSA) is 123 Å². The molecule has 3 aromatic rings. The second-order valence-electron chi connectivity index (χ2n) is 6.87. The number of aliphatic hydroxyl groups excluding tert-OH is 1. The third-order valence-electron chi connectivity index (χ3n) is 4.82. The first-order valence-corrected chi connectivity index (χ1v) is 10.0. The molecule has 2 atom stereocenters. The molecule has 31 heavy (non-hydrogen) atoms. The lowest BCUT2D eigenvalue weighted by molar-refractivity contribution is -0.118. The molecule has 2 unspecified atom stereocenters. The van der Waals surface area contributed by atoms with Gasteiger partial charge in [0, 0.05) is 17.8 Å². The summed E-state index contributed by atoms with van der Waals surface area (Å²) in [6.07, 6.45) is 2.68. The molecule has 1 aliphatic heterocycles. The largest absolute Gasteiger partial charge is 0.486 e. The van der Waals surface area contributed by atoms with Crippen molar-refractivity contribution in [2.45, 2.75) is 19.0 Å². The summed E-state index contributed by atoms with van der Waals surface area (Å²) in [5.74, 6) is -4.58. The Morgan fingerprint density at radius 1 is 1.45 bits per heavy atom. The lowest BCUT2D eigenvalue weighted by atomic mass is 10.1. The minimum absolute atomic E-state index is 0.00187. The molecule has 0 radical (unpaired) electrons. The number of aromatic nitrogens is 2. The maximum atomic E-state index is 14.2. The normalized spacial score (nSPS) is 15.9. The summed E-state index contributed by atoms with van der Waals surface area (Å²) in [5, 5.41) is 15.9. The summed E-state index contributed by atoms with van der Waals surface area (Å²) in [5.41, 5.74) is -1.21. The summed E-state index contributed by atoms with van der Waals surface area (Å²) in [4.78, 5) is 41.9. The predicted octanol–water partition coefficient (Wildman–Crippen LogP) is 1.42. The number of amides is 2. The molecule has 1 aliphatic rings. The van der Waals surface area contributed by atoms with Crippen LogP contribution in [0.25, 0.3) is 10.9 Å². The second-order valence-corrected chi connectivity index (χ2v) is 7.77. The number of halogens is 2. The molecule has 0 fully saturated rings. The van der Waals surface area contributed by atoms with Gasteiger partial charge in [-0.05, 0) is 13.0 Å². The number of carbonyl (C=O) groups is 2. The Bertz CT molecular complexity index is 1240. The standard InChI is InChI=1S/C19H16F2N4O5S/c1-8-7-30-16-13(21)11(20)4-9-14(16)25(8)5-10(15(9)27)17(28)23-12(6-26)18(29)24-19-22-2-3-31-19/h2-5,8,12,26H,6-7H2,1H3,(H,23,28)(H,22,24,29). The molecule has 12 heteroatoms. The number of nitrogens with one attached hydrogen (secondary N) is 2. The van der Waals surface area contributed by atoms with Gasteiger partial charge in [-0.2, -0.15) is 4.39 Å². The van der Waals surface area contributed by atoms with E-state index in [0.29, 0.717) is 6.07 Å². The molecular formula is C19H16F2N4O5S. The Morgan fingerprint density at radius 3 is 2.90 bits per heavy atom. The van der Waals surface area contributed by atoms with Crippen LogP contribution in [0.2, 0.25) is 0 Å². The van der Waals surface area contributed by atoms with E-state index in [2.05, 4.69) is 15.6 Å². The maximum Gasteiger partial charge on any atom is 0.257 e. The van der Waals surface area contributed by atoms with E-state index < -0.39 is 52.8 Å². The molecule has 0 aliphatic carbocycles. The molecule has 2 aromatic heterocycles. The number of aliphatic hydroxyl groups is 1. The monoisotopic (exact) mass is 450 g/mol. The average molecular weight is 450 g/mol. The lowest BCUT2D eigenvalue weighted by Crippen LogP contribution is -2.47. The number of pyridine rings is 1. The summed E-state index contributed by atoms with van der Waals surface area (Å²) >= 11 is 1.14. The van der Waals surface area contributed by atoms with Crippen LogP contribution in [0.15, 0.2) is 28.6 Å². The number of nitrogens with zero attached hydrogens (tertiary/aromatic N) is 2. The molecule has 2 amide bonds. The highest BCUT2D eigenvalue weighted by Crippen LogP contribution is 2.35. The fourth-order valence-electron chi connectivity index (χ4n) is 3.26. The van der Waals surface area contributed by atoms with Crippen LogP contribution in [0.4, 0.5) is 13.9 Å². The fourth-order valence-corrected chi connectivity index (χ4v) is 3.79. The van der Waals surface area contributed by atoms with Crippen molar-refractivity contribution in [1.29, 1.82) is 0 Å². The van der Waals surface area contributed by atoms with Crippen molar-refractivity contribution in [1.82, 2.24) is 14.9 Å². The van der Waals surface area contributed by atoms with Gasteiger partial charge in [-0.25, -0.2) is 9.37 Å². The van der Waals surface area contributed by atoms with Crippen LogP contribution in [0.3, 0.4) is 0 Å². The zero-order valence-corrected chi connectivity index (χ0v) is 16.8. The van der Waals surface area contributed by atoms with Gasteiger partial charge in [0.1, 0.15) is 18.2 Å². The number of hydrogen-bond donors (Lipinski definition) is 3. The van der Waals surface area contributed by atoms with Crippen LogP contribution in [0.5, 0.6) is 5.75 Å². The number of thiazole rings is 1. The molecule has 1 aromatic carbocycles. The average Bonchev–Trinajstić information content (AvgIpc) is 3.25. The Morgan fingerprint density at radius 2 is 2.23 bits per heavy atom. The zero-order valence-electron chi connectivity index (χ0n) is 16.0. The highest BCUT2D eigenvalue weighted by Gasteiger charge is 2.29. The van der Waals surface area contributed by atoms with Crippen molar-refractivity contribution in [3.8, 4) is 5.75 Å². The summed E-state index contributed by atoms with van der Waals surface area (Å²) in [6.45, 7) is 0.981. The molecular weight excluding hydrogens is 434 g/mol. The van der Waals surface area contributed by atoms with Gasteiger partial charge < -0.3 is 25.0 Å². The SMILES string of the molecule is CC1COc2c(F)c(F)cc3c(=O)c(C(=O)NC(CO)C(=O)Nc4nccs4)cn1c23. The van der Waals surface area contributed by atoms with E-state index in [1.165, 1.54) is 17.0 Å². The van der Waals surface area contributed by atoms with E-state index in [9.17, 15) is 28.3 Å². The van der Waals surface area contributed by atoms with Gasteiger partial charge in [0.05, 0.1) is 23.6 Å². The zero-order chi connectivity index (χ0) is 22.3. The van der Waals surface area contributed by atoms with E-state index in [1.807, 2.05) is 0 Å². The van der Waals surface area contributed by atoms with Crippen molar-refractivity contribution in [2.24, 2.45) is 0 Å². The molecule has 0 spiro atoms. The van der Waals surface area contributed by atoms with Gasteiger partial charge in [-0.1, -0.05) is 0 Å². The summed E-state index contributed by atoms with van der Waals surface area (Å²) in [7, 11) is 0. The van der Waals surface area contributed by atoms with Gasteiger partial charge in [-0.15, -0.1) is 11.3 Å². The summed E-state index contributed by atoms with van der Waals surface area (Å²) in [6, 6.07) is -1.04. The second kappa shape index (κ2) is 8.04. The number of ether oxygens (including phenoxy) is 1. The molecule has 3 heterocycles. The van der Waals surface area contributed by atoms with Crippen molar-refractivity contribution in [2.75, 3.05) is 18.5 Å². The fraction of sp³-hybridized carbons (Fsp3) is 0.263. The Labute approximate surface area is 177 Å². The van der Waals surface area contributed by atoms with E-state index in [-0.39, 0.29) is 28.7 Å². The van der Waals surface area contributed by atoms with Gasteiger partial charge in [0.25, 0.3) is 11.8 Å². The van der Waals surface area contributed by atoms with E-state index in [1.54, 1.807) is 12.3 Å². The predicted molar refractivity (Wildman–Crippen MR) is 107 cm³/mol. The first kappa shape index (κ1) is 20.9. The van der Waals surface area contributed by atoms with Crippen LogP contribution in [-0.2, 0) is 4.79 Å². The quantitative estimate of drug-likeness (QED) is 0.540. The minimum atomic E-state index is -1.37. The molecule has 4 rings (SSSR count). The number of rotatable bonds is 5.